The minimum absolute atomic E-state index is 0.220. The van der Waals surface area contributed by atoms with Gasteiger partial charge in [-0.1, -0.05) is 12.1 Å². The van der Waals surface area contributed by atoms with Crippen LogP contribution in [0.3, 0.4) is 0 Å². The average Bonchev–Trinajstić information content (AvgIpc) is 3.44. The van der Waals surface area contributed by atoms with Crippen LogP contribution in [0.1, 0.15) is 45.9 Å². The molecule has 6 nitrogen and oxygen atoms in total. The molecule has 0 amide bonds. The fourth-order valence-electron chi connectivity index (χ4n) is 5.40. The molecule has 31 heavy (non-hydrogen) atoms. The lowest BCUT2D eigenvalue weighted by Gasteiger charge is -2.44. The summed E-state index contributed by atoms with van der Waals surface area (Å²) in [7, 11) is 1.74. The van der Waals surface area contributed by atoms with Crippen molar-refractivity contribution in [1.82, 2.24) is 14.8 Å². The number of carboxylic acid groups (broad SMARTS) is 1. The van der Waals surface area contributed by atoms with Gasteiger partial charge in [0.25, 0.3) is 0 Å². The average molecular weight is 420 g/mol. The fourth-order valence-corrected chi connectivity index (χ4v) is 5.40. The summed E-state index contributed by atoms with van der Waals surface area (Å²) in [6.45, 7) is 6.04. The molecule has 5 rings (SSSR count). The van der Waals surface area contributed by atoms with Gasteiger partial charge in [0.1, 0.15) is 5.75 Å². The van der Waals surface area contributed by atoms with Gasteiger partial charge >= 0.3 is 5.97 Å². The molecule has 0 bridgehead atoms. The van der Waals surface area contributed by atoms with E-state index in [1.165, 1.54) is 34.9 Å². The van der Waals surface area contributed by atoms with Gasteiger partial charge in [-0.05, 0) is 61.7 Å². The van der Waals surface area contributed by atoms with Crippen LogP contribution in [0.4, 0.5) is 0 Å². The maximum absolute atomic E-state index is 11.3. The van der Waals surface area contributed by atoms with E-state index < -0.39 is 5.97 Å². The van der Waals surface area contributed by atoms with Crippen LogP contribution in [-0.2, 0) is 6.54 Å². The van der Waals surface area contributed by atoms with E-state index in [0.29, 0.717) is 11.6 Å². The van der Waals surface area contributed by atoms with Crippen molar-refractivity contribution in [2.45, 2.75) is 38.4 Å². The second-order valence-electron chi connectivity index (χ2n) is 8.80. The molecule has 0 saturated carbocycles. The number of benzene rings is 2. The van der Waals surface area contributed by atoms with Crippen molar-refractivity contribution in [1.29, 1.82) is 0 Å². The summed E-state index contributed by atoms with van der Waals surface area (Å²) in [5.74, 6) is 0.0457. The summed E-state index contributed by atoms with van der Waals surface area (Å²) >= 11 is 0. The number of carboxylic acids is 1. The molecule has 162 valence electrons. The van der Waals surface area contributed by atoms with Gasteiger partial charge in [-0.15, -0.1) is 0 Å². The Balaban J connectivity index is 1.52. The summed E-state index contributed by atoms with van der Waals surface area (Å²) in [6.07, 6.45) is 4.49. The minimum Gasteiger partial charge on any atom is -0.496 e. The number of aromatic amines is 1. The van der Waals surface area contributed by atoms with E-state index in [9.17, 15) is 9.90 Å². The van der Waals surface area contributed by atoms with Crippen LogP contribution in [-0.4, -0.2) is 58.6 Å². The van der Waals surface area contributed by atoms with Crippen molar-refractivity contribution in [2.75, 3.05) is 26.7 Å². The molecule has 2 aromatic carbocycles. The van der Waals surface area contributed by atoms with Gasteiger partial charge in [-0.2, -0.15) is 0 Å². The van der Waals surface area contributed by atoms with Crippen molar-refractivity contribution >= 4 is 16.9 Å². The van der Waals surface area contributed by atoms with Gasteiger partial charge in [0.2, 0.25) is 0 Å². The van der Waals surface area contributed by atoms with E-state index in [2.05, 4.69) is 33.8 Å². The first-order valence-corrected chi connectivity index (χ1v) is 11.0. The zero-order chi connectivity index (χ0) is 21.5. The number of H-pyrrole nitrogens is 1. The lowest BCUT2D eigenvalue weighted by Crippen LogP contribution is -2.51. The lowest BCUT2D eigenvalue weighted by atomic mass is 9.96. The number of hydrogen-bond acceptors (Lipinski definition) is 4. The van der Waals surface area contributed by atoms with Crippen molar-refractivity contribution in [2.24, 2.45) is 0 Å². The minimum atomic E-state index is -0.883. The highest BCUT2D eigenvalue weighted by Gasteiger charge is 2.37. The molecule has 6 heteroatoms. The molecule has 0 aliphatic carbocycles. The van der Waals surface area contributed by atoms with Crippen LogP contribution >= 0.6 is 0 Å². The Kier molecular flexibility index (Phi) is 5.20. The standard InChI is InChI=1S/C25H29N3O3/c1-16-12-23(31-2)21(20-9-10-26-24(16)20)14-28-13-19-4-3-11-27(19)15-22(28)17-5-7-18(8-6-17)25(29)30/h5-10,12,19,22,26H,3-4,11,13-15H2,1-2H3,(H,29,30)/t19-,22+/m1/s1. The van der Waals surface area contributed by atoms with E-state index in [-0.39, 0.29) is 6.04 Å². The number of aromatic nitrogens is 1. The fraction of sp³-hybridized carbons (Fsp3) is 0.400. The molecule has 0 spiro atoms. The Morgan fingerprint density at radius 3 is 2.77 bits per heavy atom. The smallest absolute Gasteiger partial charge is 0.335 e. The summed E-state index contributed by atoms with van der Waals surface area (Å²) < 4.78 is 5.80. The SMILES string of the molecule is COc1cc(C)c2[nH]ccc2c1CN1C[C@H]2CCCN2C[C@H]1c1ccc(C(=O)O)cc1. The van der Waals surface area contributed by atoms with E-state index in [1.54, 1.807) is 19.2 Å². The number of piperazine rings is 1. The largest absolute Gasteiger partial charge is 0.496 e. The third-order valence-corrected chi connectivity index (χ3v) is 7.03. The summed E-state index contributed by atoms with van der Waals surface area (Å²) in [6, 6.07) is 12.5. The van der Waals surface area contributed by atoms with Crippen molar-refractivity contribution in [3.05, 3.63) is 64.8 Å². The molecule has 2 fully saturated rings. The molecule has 2 atom stereocenters. The van der Waals surface area contributed by atoms with Gasteiger partial charge in [-0.25, -0.2) is 4.79 Å². The highest BCUT2D eigenvalue weighted by atomic mass is 16.5. The third-order valence-electron chi connectivity index (χ3n) is 7.03. The number of ether oxygens (including phenoxy) is 1. The normalized spacial score (nSPS) is 22.0. The van der Waals surface area contributed by atoms with Crippen LogP contribution in [0.15, 0.2) is 42.6 Å². The van der Waals surface area contributed by atoms with E-state index in [4.69, 9.17) is 4.74 Å². The van der Waals surface area contributed by atoms with Crippen LogP contribution in [0, 0.1) is 6.92 Å². The van der Waals surface area contributed by atoms with E-state index in [1.807, 2.05) is 18.3 Å². The number of nitrogens with one attached hydrogen (secondary N) is 1. The molecule has 1 aromatic heterocycles. The number of nitrogens with zero attached hydrogens (tertiary/aromatic N) is 2. The van der Waals surface area contributed by atoms with Crippen LogP contribution in [0.2, 0.25) is 0 Å². The second-order valence-corrected chi connectivity index (χ2v) is 8.80. The van der Waals surface area contributed by atoms with Crippen molar-refractivity contribution in [3.63, 3.8) is 0 Å². The molecule has 2 aliphatic rings. The number of methoxy groups -OCH3 is 1. The van der Waals surface area contributed by atoms with E-state index >= 15 is 0 Å². The van der Waals surface area contributed by atoms with Gasteiger partial charge < -0.3 is 14.8 Å². The Labute approximate surface area is 182 Å². The predicted molar refractivity (Wildman–Crippen MR) is 121 cm³/mol. The molecule has 0 radical (unpaired) electrons. The number of rotatable bonds is 5. The molecule has 2 N–H and O–H groups in total. The number of aromatic carboxylic acids is 1. The van der Waals surface area contributed by atoms with Gasteiger partial charge in [-0.3, -0.25) is 9.80 Å². The molecule has 3 aromatic rings. The maximum atomic E-state index is 11.3. The first kappa shape index (κ1) is 20.1. The van der Waals surface area contributed by atoms with Gasteiger partial charge in [0, 0.05) is 54.4 Å². The lowest BCUT2D eigenvalue weighted by molar-refractivity contribution is 0.0446. The molecular weight excluding hydrogens is 390 g/mol. The van der Waals surface area contributed by atoms with E-state index in [0.717, 1.165) is 37.4 Å². The van der Waals surface area contributed by atoms with Crippen LogP contribution < -0.4 is 4.74 Å². The molecule has 2 saturated heterocycles. The number of carbonyl (C=O) groups is 1. The zero-order valence-electron chi connectivity index (χ0n) is 18.1. The first-order chi connectivity index (χ1) is 15.0. The topological polar surface area (TPSA) is 68.8 Å². The van der Waals surface area contributed by atoms with Gasteiger partial charge in [0.15, 0.2) is 0 Å². The Hall–Kier alpha value is -2.83. The van der Waals surface area contributed by atoms with Crippen LogP contribution in [0.5, 0.6) is 5.75 Å². The summed E-state index contributed by atoms with van der Waals surface area (Å²) in [5, 5.41) is 10.5. The molecule has 3 heterocycles. The number of hydrogen-bond donors (Lipinski definition) is 2. The zero-order valence-corrected chi connectivity index (χ0v) is 18.1. The maximum Gasteiger partial charge on any atom is 0.335 e. The summed E-state index contributed by atoms with van der Waals surface area (Å²) in [5.41, 5.74) is 5.06. The quantitative estimate of drug-likeness (QED) is 0.649. The second kappa shape index (κ2) is 8.02. The Morgan fingerprint density at radius 1 is 1.23 bits per heavy atom. The van der Waals surface area contributed by atoms with Crippen molar-refractivity contribution < 1.29 is 14.6 Å². The Morgan fingerprint density at radius 2 is 2.03 bits per heavy atom. The Bertz CT molecular complexity index is 1110. The third kappa shape index (κ3) is 3.60. The molecule has 0 unspecified atom stereocenters. The highest BCUT2D eigenvalue weighted by Crippen LogP contribution is 2.37. The monoisotopic (exact) mass is 419 g/mol. The first-order valence-electron chi connectivity index (χ1n) is 11.0. The number of aryl methyl sites for hydroxylation is 1. The van der Waals surface area contributed by atoms with Gasteiger partial charge in [0.05, 0.1) is 12.7 Å². The van der Waals surface area contributed by atoms with Crippen LogP contribution in [0.25, 0.3) is 10.9 Å². The predicted octanol–water partition coefficient (Wildman–Crippen LogP) is 4.20. The van der Waals surface area contributed by atoms with Crippen molar-refractivity contribution in [3.8, 4) is 5.75 Å². The summed E-state index contributed by atoms with van der Waals surface area (Å²) in [4.78, 5) is 19.8. The highest BCUT2D eigenvalue weighted by molar-refractivity contribution is 5.88. The number of fused-ring (bicyclic) bond motifs is 2. The molecular formula is C25H29N3O3. The molecule has 2 aliphatic heterocycles.